The van der Waals surface area contributed by atoms with E-state index in [4.69, 9.17) is 0 Å². The summed E-state index contributed by atoms with van der Waals surface area (Å²) in [6.45, 7) is 0.953. The van der Waals surface area contributed by atoms with Gasteiger partial charge in [0.25, 0.3) is 0 Å². The molecule has 0 N–H and O–H groups in total. The molecule has 0 spiro atoms. The van der Waals surface area contributed by atoms with Crippen molar-refractivity contribution in [1.82, 2.24) is 4.90 Å². The largest absolute Gasteiger partial charge is 0.339 e. The highest BCUT2D eigenvalue weighted by Gasteiger charge is 2.41. The Morgan fingerprint density at radius 3 is 2.60 bits per heavy atom. The van der Waals surface area contributed by atoms with Gasteiger partial charge in [0.2, 0.25) is 5.91 Å². The average molecular weight is 203 g/mol. The first-order valence-electron chi connectivity index (χ1n) is 6.02. The molecule has 80 valence electrons. The van der Waals surface area contributed by atoms with Crippen molar-refractivity contribution in [2.24, 2.45) is 11.8 Å². The number of fused-ring (bicyclic) bond motifs is 1. The van der Waals surface area contributed by atoms with Crippen molar-refractivity contribution in [3.05, 3.63) is 24.3 Å². The molecule has 0 aromatic carbocycles. The SMILES string of the molecule is O=C1C2C=CC=CC2CN1C1CCCC1. The Morgan fingerprint density at radius 1 is 1.13 bits per heavy atom. The lowest BCUT2D eigenvalue weighted by molar-refractivity contribution is -0.131. The maximum Gasteiger partial charge on any atom is 0.230 e. The molecule has 0 aromatic rings. The molecule has 2 fully saturated rings. The predicted octanol–water partition coefficient (Wildman–Crippen LogP) is 2.13. The van der Waals surface area contributed by atoms with E-state index in [2.05, 4.69) is 23.1 Å². The van der Waals surface area contributed by atoms with E-state index < -0.39 is 0 Å². The molecule has 15 heavy (non-hydrogen) atoms. The fraction of sp³-hybridized carbons (Fsp3) is 0.615. The summed E-state index contributed by atoms with van der Waals surface area (Å²) in [6, 6.07) is 0.546. The van der Waals surface area contributed by atoms with Gasteiger partial charge in [-0.15, -0.1) is 0 Å². The molecule has 2 heteroatoms. The zero-order chi connectivity index (χ0) is 10.3. The van der Waals surface area contributed by atoms with Crippen molar-refractivity contribution in [1.29, 1.82) is 0 Å². The molecule has 0 bridgehead atoms. The van der Waals surface area contributed by atoms with Crippen LogP contribution in [0.2, 0.25) is 0 Å². The Bertz CT molecular complexity index is 325. The molecular formula is C13H17NO. The molecular weight excluding hydrogens is 186 g/mol. The molecule has 0 radical (unpaired) electrons. The lowest BCUT2D eigenvalue weighted by Gasteiger charge is -2.23. The van der Waals surface area contributed by atoms with Crippen LogP contribution in [-0.2, 0) is 4.79 Å². The molecule has 1 saturated carbocycles. The van der Waals surface area contributed by atoms with Crippen molar-refractivity contribution in [2.75, 3.05) is 6.54 Å². The Labute approximate surface area is 90.6 Å². The van der Waals surface area contributed by atoms with Crippen LogP contribution in [0.4, 0.5) is 0 Å². The van der Waals surface area contributed by atoms with Crippen molar-refractivity contribution in [3.63, 3.8) is 0 Å². The lowest BCUT2D eigenvalue weighted by Crippen LogP contribution is -2.35. The smallest absolute Gasteiger partial charge is 0.230 e. The lowest BCUT2D eigenvalue weighted by atomic mass is 9.92. The fourth-order valence-corrected chi connectivity index (χ4v) is 3.15. The van der Waals surface area contributed by atoms with E-state index >= 15 is 0 Å². The Kier molecular flexibility index (Phi) is 2.15. The number of nitrogens with zero attached hydrogens (tertiary/aromatic N) is 1. The third-order valence-corrected chi connectivity index (χ3v) is 3.99. The highest BCUT2D eigenvalue weighted by atomic mass is 16.2. The third-order valence-electron chi connectivity index (χ3n) is 3.99. The van der Waals surface area contributed by atoms with Gasteiger partial charge in [0.1, 0.15) is 0 Å². The molecule has 2 atom stereocenters. The number of likely N-dealkylation sites (tertiary alicyclic amines) is 1. The molecule has 2 unspecified atom stereocenters. The standard InChI is InChI=1S/C13H17NO/c15-13-12-8-4-1-5-10(12)9-14(13)11-6-2-3-7-11/h1,4-5,8,10-12H,2-3,6-7,9H2. The van der Waals surface area contributed by atoms with Crippen molar-refractivity contribution in [3.8, 4) is 0 Å². The molecule has 1 heterocycles. The summed E-state index contributed by atoms with van der Waals surface area (Å²) >= 11 is 0. The van der Waals surface area contributed by atoms with Gasteiger partial charge in [-0.2, -0.15) is 0 Å². The summed E-state index contributed by atoms with van der Waals surface area (Å²) in [5, 5.41) is 0. The summed E-state index contributed by atoms with van der Waals surface area (Å²) < 4.78 is 0. The number of hydrogen-bond acceptors (Lipinski definition) is 1. The second kappa shape index (κ2) is 3.51. The van der Waals surface area contributed by atoms with E-state index in [9.17, 15) is 4.79 Å². The highest BCUT2D eigenvalue weighted by molar-refractivity contribution is 5.84. The number of carbonyl (C=O) groups is 1. The van der Waals surface area contributed by atoms with Crippen LogP contribution >= 0.6 is 0 Å². The molecule has 0 aromatic heterocycles. The number of hydrogen-bond donors (Lipinski definition) is 0. The van der Waals surface area contributed by atoms with E-state index in [-0.39, 0.29) is 5.92 Å². The maximum absolute atomic E-state index is 12.2. The van der Waals surface area contributed by atoms with E-state index in [0.29, 0.717) is 17.9 Å². The molecule has 1 saturated heterocycles. The zero-order valence-corrected chi connectivity index (χ0v) is 8.93. The van der Waals surface area contributed by atoms with Crippen molar-refractivity contribution < 1.29 is 4.79 Å². The first kappa shape index (κ1) is 9.20. The highest BCUT2D eigenvalue weighted by Crippen LogP contribution is 2.35. The molecule has 1 aliphatic heterocycles. The predicted molar refractivity (Wildman–Crippen MR) is 59.2 cm³/mol. The van der Waals surface area contributed by atoms with Crippen LogP contribution in [0.3, 0.4) is 0 Å². The van der Waals surface area contributed by atoms with Crippen LogP contribution in [0, 0.1) is 11.8 Å². The van der Waals surface area contributed by atoms with Crippen molar-refractivity contribution >= 4 is 5.91 Å². The van der Waals surface area contributed by atoms with Gasteiger partial charge in [-0.3, -0.25) is 4.79 Å². The van der Waals surface area contributed by atoms with Gasteiger partial charge in [0, 0.05) is 18.5 Å². The van der Waals surface area contributed by atoms with Crippen LogP contribution in [0.1, 0.15) is 25.7 Å². The quantitative estimate of drug-likeness (QED) is 0.639. The topological polar surface area (TPSA) is 20.3 Å². The summed E-state index contributed by atoms with van der Waals surface area (Å²) in [4.78, 5) is 14.3. The first-order valence-corrected chi connectivity index (χ1v) is 6.02. The molecule has 2 nitrogen and oxygen atoms in total. The normalized spacial score (nSPS) is 35.2. The van der Waals surface area contributed by atoms with Gasteiger partial charge in [-0.05, 0) is 12.8 Å². The second-order valence-electron chi connectivity index (χ2n) is 4.89. The zero-order valence-electron chi connectivity index (χ0n) is 8.93. The minimum atomic E-state index is 0.149. The van der Waals surface area contributed by atoms with Gasteiger partial charge >= 0.3 is 0 Å². The van der Waals surface area contributed by atoms with Gasteiger partial charge in [0.15, 0.2) is 0 Å². The number of rotatable bonds is 1. The summed E-state index contributed by atoms with van der Waals surface area (Å²) in [7, 11) is 0. The summed E-state index contributed by atoms with van der Waals surface area (Å²) in [6.07, 6.45) is 13.4. The maximum atomic E-state index is 12.2. The van der Waals surface area contributed by atoms with Crippen LogP contribution < -0.4 is 0 Å². The monoisotopic (exact) mass is 203 g/mol. The summed E-state index contributed by atoms with van der Waals surface area (Å²) in [5.74, 6) is 0.964. The Balaban J connectivity index is 1.79. The van der Waals surface area contributed by atoms with Gasteiger partial charge in [-0.25, -0.2) is 0 Å². The van der Waals surface area contributed by atoms with E-state index in [1.807, 2.05) is 6.08 Å². The first-order chi connectivity index (χ1) is 7.36. The number of allylic oxidation sites excluding steroid dienone is 2. The molecule has 3 aliphatic rings. The Hall–Kier alpha value is -1.05. The fourth-order valence-electron chi connectivity index (χ4n) is 3.15. The number of carbonyl (C=O) groups excluding carboxylic acids is 1. The van der Waals surface area contributed by atoms with Gasteiger partial charge in [0.05, 0.1) is 5.92 Å². The number of amides is 1. The van der Waals surface area contributed by atoms with Crippen LogP contribution in [0.15, 0.2) is 24.3 Å². The molecule has 3 rings (SSSR count). The third kappa shape index (κ3) is 1.43. The van der Waals surface area contributed by atoms with Crippen molar-refractivity contribution in [2.45, 2.75) is 31.7 Å². The summed E-state index contributed by atoms with van der Waals surface area (Å²) in [5.41, 5.74) is 0. The van der Waals surface area contributed by atoms with Crippen LogP contribution in [-0.4, -0.2) is 23.4 Å². The van der Waals surface area contributed by atoms with Crippen LogP contribution in [0.25, 0.3) is 0 Å². The van der Waals surface area contributed by atoms with Gasteiger partial charge in [-0.1, -0.05) is 37.1 Å². The average Bonchev–Trinajstić information content (AvgIpc) is 2.87. The van der Waals surface area contributed by atoms with E-state index in [1.54, 1.807) is 0 Å². The minimum absolute atomic E-state index is 0.149. The minimum Gasteiger partial charge on any atom is -0.339 e. The molecule has 1 amide bonds. The van der Waals surface area contributed by atoms with E-state index in [0.717, 1.165) is 6.54 Å². The van der Waals surface area contributed by atoms with Crippen LogP contribution in [0.5, 0.6) is 0 Å². The Morgan fingerprint density at radius 2 is 1.87 bits per heavy atom. The molecule has 2 aliphatic carbocycles. The second-order valence-corrected chi connectivity index (χ2v) is 4.89. The van der Waals surface area contributed by atoms with Gasteiger partial charge < -0.3 is 4.90 Å². The van der Waals surface area contributed by atoms with E-state index in [1.165, 1.54) is 25.7 Å².